The third kappa shape index (κ3) is 7.14. The van der Waals surface area contributed by atoms with Crippen molar-refractivity contribution in [1.82, 2.24) is 10.6 Å². The Balaban J connectivity index is 3.71. The standard InChI is InChI=1S/C8H16N2O2S2/c1-5(11)3-9-7(13)8(14)10-4-6(2)12/h5-6,11-12H,3-4H2,1-2H3,(H,9,13)(H,10,14). The monoisotopic (exact) mass is 236 g/mol. The number of hydrogen-bond acceptors (Lipinski definition) is 4. The van der Waals surface area contributed by atoms with Crippen LogP contribution in [-0.2, 0) is 0 Å². The zero-order chi connectivity index (χ0) is 11.1. The molecule has 14 heavy (non-hydrogen) atoms. The lowest BCUT2D eigenvalue weighted by atomic mass is 10.4. The van der Waals surface area contributed by atoms with E-state index >= 15 is 0 Å². The molecule has 6 heteroatoms. The molecule has 0 amide bonds. The fourth-order valence-corrected chi connectivity index (χ4v) is 0.952. The minimum Gasteiger partial charge on any atom is -0.392 e. The van der Waals surface area contributed by atoms with Crippen LogP contribution in [0.25, 0.3) is 0 Å². The van der Waals surface area contributed by atoms with Gasteiger partial charge in [0.1, 0.15) is 9.98 Å². The normalized spacial score (nSPS) is 14.3. The van der Waals surface area contributed by atoms with Crippen LogP contribution in [0.15, 0.2) is 0 Å². The van der Waals surface area contributed by atoms with E-state index in [4.69, 9.17) is 34.6 Å². The quantitative estimate of drug-likeness (QED) is 0.497. The maximum atomic E-state index is 8.98. The maximum absolute atomic E-state index is 8.98. The van der Waals surface area contributed by atoms with E-state index in [-0.39, 0.29) is 0 Å². The van der Waals surface area contributed by atoms with Gasteiger partial charge in [-0.1, -0.05) is 24.4 Å². The van der Waals surface area contributed by atoms with E-state index in [1.807, 2.05) is 0 Å². The summed E-state index contributed by atoms with van der Waals surface area (Å²) in [6, 6.07) is 0. The van der Waals surface area contributed by atoms with Gasteiger partial charge in [0.05, 0.1) is 12.2 Å². The maximum Gasteiger partial charge on any atom is 0.134 e. The van der Waals surface area contributed by atoms with Crippen molar-refractivity contribution in [2.24, 2.45) is 0 Å². The highest BCUT2D eigenvalue weighted by atomic mass is 32.1. The molecule has 0 aromatic carbocycles. The molecule has 0 aliphatic rings. The van der Waals surface area contributed by atoms with Gasteiger partial charge in [0.15, 0.2) is 0 Å². The van der Waals surface area contributed by atoms with E-state index in [9.17, 15) is 0 Å². The molecule has 0 aliphatic carbocycles. The van der Waals surface area contributed by atoms with Crippen LogP contribution in [0.1, 0.15) is 13.8 Å². The average Bonchev–Trinajstić information content (AvgIpc) is 2.09. The van der Waals surface area contributed by atoms with E-state index in [1.165, 1.54) is 0 Å². The van der Waals surface area contributed by atoms with Crippen molar-refractivity contribution in [3.05, 3.63) is 0 Å². The van der Waals surface area contributed by atoms with E-state index < -0.39 is 12.2 Å². The molecule has 0 rings (SSSR count). The van der Waals surface area contributed by atoms with Crippen LogP contribution in [0.2, 0.25) is 0 Å². The number of rotatable bonds is 4. The largest absolute Gasteiger partial charge is 0.392 e. The first-order chi connectivity index (χ1) is 6.43. The second-order valence-electron chi connectivity index (χ2n) is 3.12. The third-order valence-electron chi connectivity index (χ3n) is 1.32. The van der Waals surface area contributed by atoms with E-state index in [1.54, 1.807) is 13.8 Å². The summed E-state index contributed by atoms with van der Waals surface area (Å²) in [4.78, 5) is 0.781. The van der Waals surface area contributed by atoms with Gasteiger partial charge in [0.2, 0.25) is 0 Å². The van der Waals surface area contributed by atoms with Crippen LogP contribution < -0.4 is 10.6 Å². The van der Waals surface area contributed by atoms with Crippen LogP contribution in [0.5, 0.6) is 0 Å². The molecule has 0 saturated carbocycles. The molecule has 0 aromatic rings. The molecule has 2 atom stereocenters. The number of aliphatic hydroxyl groups excluding tert-OH is 2. The van der Waals surface area contributed by atoms with Gasteiger partial charge < -0.3 is 20.8 Å². The molecule has 0 aromatic heterocycles. The molecule has 4 N–H and O–H groups in total. The highest BCUT2D eigenvalue weighted by Gasteiger charge is 2.05. The van der Waals surface area contributed by atoms with Crippen molar-refractivity contribution < 1.29 is 10.2 Å². The van der Waals surface area contributed by atoms with Crippen molar-refractivity contribution in [3.63, 3.8) is 0 Å². The topological polar surface area (TPSA) is 64.5 Å². The highest BCUT2D eigenvalue weighted by molar-refractivity contribution is 7.89. The van der Waals surface area contributed by atoms with Crippen LogP contribution in [0.3, 0.4) is 0 Å². The average molecular weight is 236 g/mol. The molecule has 0 fully saturated rings. The molecule has 0 aliphatic heterocycles. The van der Waals surface area contributed by atoms with E-state index in [0.717, 1.165) is 0 Å². The molecule has 0 radical (unpaired) electrons. The van der Waals surface area contributed by atoms with Gasteiger partial charge in [0.25, 0.3) is 0 Å². The minimum absolute atomic E-state index is 0.370. The smallest absolute Gasteiger partial charge is 0.134 e. The molecular weight excluding hydrogens is 220 g/mol. The van der Waals surface area contributed by atoms with Crippen LogP contribution in [0.4, 0.5) is 0 Å². The van der Waals surface area contributed by atoms with E-state index in [2.05, 4.69) is 10.6 Å². The first kappa shape index (κ1) is 13.7. The summed E-state index contributed by atoms with van der Waals surface area (Å²) in [6.45, 7) is 4.05. The van der Waals surface area contributed by atoms with Crippen LogP contribution in [-0.4, -0.2) is 45.5 Å². The zero-order valence-electron chi connectivity index (χ0n) is 8.28. The molecule has 0 saturated heterocycles. The van der Waals surface area contributed by atoms with Crippen molar-refractivity contribution in [3.8, 4) is 0 Å². The van der Waals surface area contributed by atoms with Gasteiger partial charge in [-0.2, -0.15) is 0 Å². The molecular formula is C8H16N2O2S2. The Morgan fingerprint density at radius 1 is 1.00 bits per heavy atom. The predicted molar refractivity (Wildman–Crippen MR) is 64.6 cm³/mol. The predicted octanol–water partition coefficient (Wildman–Crippen LogP) is -0.418. The van der Waals surface area contributed by atoms with Gasteiger partial charge in [-0.05, 0) is 13.8 Å². The van der Waals surface area contributed by atoms with Crippen molar-refractivity contribution in [2.75, 3.05) is 13.1 Å². The molecule has 0 spiro atoms. The van der Waals surface area contributed by atoms with Gasteiger partial charge in [-0.3, -0.25) is 0 Å². The minimum atomic E-state index is -0.465. The fraction of sp³-hybridized carbons (Fsp3) is 0.750. The number of nitrogens with one attached hydrogen (secondary N) is 2. The highest BCUT2D eigenvalue weighted by Crippen LogP contribution is 1.83. The Bertz CT molecular complexity index is 186. The Morgan fingerprint density at radius 3 is 1.50 bits per heavy atom. The summed E-state index contributed by atoms with van der Waals surface area (Å²) < 4.78 is 0. The Hall–Kier alpha value is -0.300. The third-order valence-corrected chi connectivity index (χ3v) is 2.15. The first-order valence-electron chi connectivity index (χ1n) is 4.35. The SMILES string of the molecule is CC(O)CNC(=S)C(=S)NCC(C)O. The summed E-state index contributed by atoms with van der Waals surface area (Å²) in [5.74, 6) is 0. The van der Waals surface area contributed by atoms with Crippen molar-refractivity contribution in [1.29, 1.82) is 0 Å². The van der Waals surface area contributed by atoms with Crippen LogP contribution >= 0.6 is 24.4 Å². The molecule has 0 heterocycles. The summed E-state index contributed by atoms with van der Waals surface area (Å²) in [5.41, 5.74) is 0. The first-order valence-corrected chi connectivity index (χ1v) is 5.17. The second kappa shape index (κ2) is 7.05. The van der Waals surface area contributed by atoms with Crippen molar-refractivity contribution >= 4 is 34.4 Å². The summed E-state index contributed by atoms with van der Waals surface area (Å²) in [5, 5.41) is 23.6. The fourth-order valence-electron chi connectivity index (χ4n) is 0.641. The lowest BCUT2D eigenvalue weighted by Gasteiger charge is -2.13. The molecule has 2 unspecified atom stereocenters. The number of hydrogen-bond donors (Lipinski definition) is 4. The Kier molecular flexibility index (Phi) is 6.90. The molecule has 0 bridgehead atoms. The van der Waals surface area contributed by atoms with Gasteiger partial charge >= 0.3 is 0 Å². The number of aliphatic hydroxyl groups is 2. The zero-order valence-corrected chi connectivity index (χ0v) is 9.91. The molecule has 4 nitrogen and oxygen atoms in total. The second-order valence-corrected chi connectivity index (χ2v) is 3.93. The lowest BCUT2D eigenvalue weighted by Crippen LogP contribution is -2.41. The van der Waals surface area contributed by atoms with Crippen LogP contribution in [0, 0.1) is 0 Å². The summed E-state index contributed by atoms with van der Waals surface area (Å²) in [7, 11) is 0. The lowest BCUT2D eigenvalue weighted by molar-refractivity contribution is 0.197. The molecule has 82 valence electrons. The Labute approximate surface area is 94.7 Å². The van der Waals surface area contributed by atoms with Crippen molar-refractivity contribution in [2.45, 2.75) is 26.1 Å². The van der Waals surface area contributed by atoms with Gasteiger partial charge in [0, 0.05) is 13.1 Å². The van der Waals surface area contributed by atoms with Gasteiger partial charge in [-0.15, -0.1) is 0 Å². The van der Waals surface area contributed by atoms with E-state index in [0.29, 0.717) is 23.1 Å². The summed E-state index contributed by atoms with van der Waals surface area (Å²) in [6.07, 6.45) is -0.931. The summed E-state index contributed by atoms with van der Waals surface area (Å²) >= 11 is 9.88. The van der Waals surface area contributed by atoms with Gasteiger partial charge in [-0.25, -0.2) is 0 Å². The Morgan fingerprint density at radius 2 is 1.29 bits per heavy atom. The number of thiocarbonyl (C=S) groups is 2.